The van der Waals surface area contributed by atoms with Crippen LogP contribution < -0.4 is 10.4 Å². The summed E-state index contributed by atoms with van der Waals surface area (Å²) in [6.45, 7) is 10.6. The molecule has 0 saturated carbocycles. The van der Waals surface area contributed by atoms with Crippen molar-refractivity contribution >= 4 is 22.9 Å². The van der Waals surface area contributed by atoms with Gasteiger partial charge in [-0.1, -0.05) is 11.1 Å². The summed E-state index contributed by atoms with van der Waals surface area (Å²) in [7, 11) is 0. The second kappa shape index (κ2) is 8.41. The Morgan fingerprint density at radius 1 is 0.968 bits per heavy atom. The molecule has 1 aliphatic heterocycles. The molecule has 1 aliphatic rings. The molecule has 0 saturated heterocycles. The van der Waals surface area contributed by atoms with Crippen LogP contribution in [0.4, 0.5) is 0 Å². The summed E-state index contributed by atoms with van der Waals surface area (Å²) >= 11 is 0. The summed E-state index contributed by atoms with van der Waals surface area (Å²) in [4.78, 5) is 36.5. The monoisotopic (exact) mass is 426 g/mol. The third-order valence-corrected chi connectivity index (χ3v) is 4.69. The van der Waals surface area contributed by atoms with Crippen LogP contribution in [0.1, 0.15) is 53.2 Å². The summed E-state index contributed by atoms with van der Waals surface area (Å²) in [5.74, 6) is -0.729. The van der Waals surface area contributed by atoms with E-state index in [2.05, 4.69) is 0 Å². The fourth-order valence-corrected chi connectivity index (χ4v) is 3.41. The molecule has 2 heterocycles. The molecular weight excluding hydrogens is 400 g/mol. The van der Waals surface area contributed by atoms with Crippen molar-refractivity contribution in [1.29, 1.82) is 0 Å². The van der Waals surface area contributed by atoms with Crippen molar-refractivity contribution in [2.24, 2.45) is 0 Å². The number of rotatable bonds is 4. The minimum atomic E-state index is -1.03. The van der Waals surface area contributed by atoms with Crippen molar-refractivity contribution in [3.05, 3.63) is 63.5 Å². The zero-order valence-corrected chi connectivity index (χ0v) is 18.5. The van der Waals surface area contributed by atoms with Gasteiger partial charge in [0.05, 0.1) is 0 Å². The first-order chi connectivity index (χ1) is 14.5. The molecule has 7 nitrogen and oxygen atoms in total. The summed E-state index contributed by atoms with van der Waals surface area (Å²) in [5, 5.41) is 0.624. The molecule has 2 atom stereocenters. The van der Waals surface area contributed by atoms with Crippen LogP contribution in [0.25, 0.3) is 11.0 Å². The number of carbonyl (C=O) groups excluding carboxylic acids is 2. The summed E-state index contributed by atoms with van der Waals surface area (Å²) < 4.78 is 22.8. The molecule has 7 heteroatoms. The normalized spacial score (nSPS) is 18.9. The Labute approximate surface area is 180 Å². The Hall–Kier alpha value is -3.35. The maximum atomic E-state index is 12.5. The molecule has 2 unspecified atom stereocenters. The van der Waals surface area contributed by atoms with E-state index in [1.807, 2.05) is 0 Å². The number of ether oxygens (including phenoxy) is 3. The zero-order chi connectivity index (χ0) is 22.9. The van der Waals surface area contributed by atoms with Crippen molar-refractivity contribution in [2.45, 2.75) is 59.4 Å². The first kappa shape index (κ1) is 22.3. The van der Waals surface area contributed by atoms with E-state index in [1.165, 1.54) is 18.2 Å². The van der Waals surface area contributed by atoms with Gasteiger partial charge in [0, 0.05) is 35.2 Å². The molecule has 1 aromatic carbocycles. The van der Waals surface area contributed by atoms with Crippen molar-refractivity contribution in [1.82, 2.24) is 0 Å². The highest BCUT2D eigenvalue weighted by molar-refractivity contribution is 5.85. The van der Waals surface area contributed by atoms with Gasteiger partial charge >= 0.3 is 17.6 Å². The van der Waals surface area contributed by atoms with Crippen LogP contribution in [0.3, 0.4) is 0 Å². The molecule has 0 spiro atoms. The van der Waals surface area contributed by atoms with E-state index < -0.39 is 35.4 Å². The first-order valence-corrected chi connectivity index (χ1v) is 9.94. The molecule has 31 heavy (non-hydrogen) atoms. The fraction of sp³-hybridized carbons (Fsp3) is 0.375. The maximum absolute atomic E-state index is 12.5. The quantitative estimate of drug-likeness (QED) is 0.407. The number of fused-ring (bicyclic) bond motifs is 2. The van der Waals surface area contributed by atoms with Crippen LogP contribution in [-0.2, 0) is 19.1 Å². The van der Waals surface area contributed by atoms with E-state index in [4.69, 9.17) is 18.6 Å². The smallest absolute Gasteiger partial charge is 0.336 e. The van der Waals surface area contributed by atoms with Crippen LogP contribution in [0.5, 0.6) is 5.75 Å². The van der Waals surface area contributed by atoms with Gasteiger partial charge in [-0.2, -0.15) is 0 Å². The average Bonchev–Trinajstić information content (AvgIpc) is 2.61. The lowest BCUT2D eigenvalue weighted by Crippen LogP contribution is -2.52. The molecule has 3 rings (SSSR count). The van der Waals surface area contributed by atoms with E-state index >= 15 is 0 Å². The molecule has 0 fully saturated rings. The lowest BCUT2D eigenvalue weighted by molar-refractivity contribution is -0.184. The Bertz CT molecular complexity index is 1140. The van der Waals surface area contributed by atoms with Crippen LogP contribution in [0.15, 0.2) is 56.8 Å². The Balaban J connectivity index is 2.14. The number of esters is 2. The molecule has 0 aliphatic carbocycles. The minimum absolute atomic E-state index is 0.344. The summed E-state index contributed by atoms with van der Waals surface area (Å²) in [6.07, 6.45) is 0.908. The molecule has 0 radical (unpaired) electrons. The molecule has 0 amide bonds. The number of benzene rings is 1. The van der Waals surface area contributed by atoms with Gasteiger partial charge in [0.15, 0.2) is 12.2 Å². The molecule has 0 N–H and O–H groups in total. The number of carbonyl (C=O) groups is 2. The Morgan fingerprint density at radius 3 is 2.19 bits per heavy atom. The maximum Gasteiger partial charge on any atom is 0.336 e. The van der Waals surface area contributed by atoms with Crippen molar-refractivity contribution < 1.29 is 28.2 Å². The number of allylic oxidation sites excluding steroid dienone is 2. The van der Waals surface area contributed by atoms with Gasteiger partial charge in [-0.05, 0) is 53.7 Å². The topological polar surface area (TPSA) is 92.0 Å². The molecule has 1 aromatic heterocycles. The van der Waals surface area contributed by atoms with Crippen LogP contribution in [0, 0.1) is 0 Å². The van der Waals surface area contributed by atoms with E-state index in [-0.39, 0.29) is 0 Å². The molecular formula is C24H26O7. The molecule has 0 bridgehead atoms. The lowest BCUT2D eigenvalue weighted by Gasteiger charge is -2.43. The van der Waals surface area contributed by atoms with Crippen LogP contribution in [0.2, 0.25) is 0 Å². The lowest BCUT2D eigenvalue weighted by atomic mass is 9.87. The zero-order valence-electron chi connectivity index (χ0n) is 18.5. The minimum Gasteiger partial charge on any atom is -0.483 e. The van der Waals surface area contributed by atoms with Crippen molar-refractivity contribution in [3.8, 4) is 5.75 Å². The third kappa shape index (κ3) is 5.05. The van der Waals surface area contributed by atoms with E-state index in [1.54, 1.807) is 59.7 Å². The highest BCUT2D eigenvalue weighted by Crippen LogP contribution is 2.45. The molecule has 164 valence electrons. The van der Waals surface area contributed by atoms with Gasteiger partial charge in [-0.15, -0.1) is 0 Å². The standard InChI is InChI=1S/C24H26O7/c1-13(2)9-20(26)29-22-16-11-15-7-8-19(25)28-17(15)12-18(16)31-24(5,6)23(22)30-21(27)10-14(3)4/h7-12,22-23H,1-6H3. The highest BCUT2D eigenvalue weighted by Gasteiger charge is 2.48. The summed E-state index contributed by atoms with van der Waals surface area (Å²) in [6, 6.07) is 6.22. The van der Waals surface area contributed by atoms with Gasteiger partial charge < -0.3 is 18.6 Å². The van der Waals surface area contributed by atoms with Crippen LogP contribution in [-0.4, -0.2) is 23.6 Å². The van der Waals surface area contributed by atoms with Crippen molar-refractivity contribution in [2.75, 3.05) is 0 Å². The third-order valence-electron chi connectivity index (χ3n) is 4.69. The predicted molar refractivity (Wildman–Crippen MR) is 115 cm³/mol. The first-order valence-electron chi connectivity index (χ1n) is 9.94. The van der Waals surface area contributed by atoms with Gasteiger partial charge in [0.2, 0.25) is 0 Å². The predicted octanol–water partition coefficient (Wildman–Crippen LogP) is 4.39. The van der Waals surface area contributed by atoms with Gasteiger partial charge in [0.25, 0.3) is 0 Å². The largest absolute Gasteiger partial charge is 0.483 e. The Morgan fingerprint density at radius 2 is 1.58 bits per heavy atom. The van der Waals surface area contributed by atoms with E-state index in [0.717, 1.165) is 11.1 Å². The SMILES string of the molecule is CC(C)=CC(=O)OC1c2cc3ccc(=O)oc3cc2OC(C)(C)C1OC(=O)C=C(C)C. The Kier molecular flexibility index (Phi) is 6.06. The van der Waals surface area contributed by atoms with E-state index in [9.17, 15) is 14.4 Å². The number of hydrogen-bond donors (Lipinski definition) is 0. The summed E-state index contributed by atoms with van der Waals surface area (Å²) in [5.41, 5.74) is 0.899. The fourth-order valence-electron chi connectivity index (χ4n) is 3.41. The second-order valence-electron chi connectivity index (χ2n) is 8.55. The van der Waals surface area contributed by atoms with Crippen LogP contribution >= 0.6 is 0 Å². The number of hydrogen-bond acceptors (Lipinski definition) is 7. The second-order valence-corrected chi connectivity index (χ2v) is 8.55. The average molecular weight is 426 g/mol. The van der Waals surface area contributed by atoms with Gasteiger partial charge in [0.1, 0.15) is 16.9 Å². The van der Waals surface area contributed by atoms with Gasteiger partial charge in [-0.3, -0.25) is 0 Å². The van der Waals surface area contributed by atoms with Crippen molar-refractivity contribution in [3.63, 3.8) is 0 Å². The van der Waals surface area contributed by atoms with Gasteiger partial charge in [-0.25, -0.2) is 14.4 Å². The van der Waals surface area contributed by atoms with E-state index in [0.29, 0.717) is 22.3 Å². The molecule has 2 aromatic rings. The highest BCUT2D eigenvalue weighted by atomic mass is 16.6.